The molecule has 0 aromatic carbocycles. The van der Waals surface area contributed by atoms with E-state index in [9.17, 15) is 4.79 Å². The summed E-state index contributed by atoms with van der Waals surface area (Å²) in [5.41, 5.74) is 0. The van der Waals surface area contributed by atoms with Gasteiger partial charge in [0, 0.05) is 12.2 Å². The van der Waals surface area contributed by atoms with Gasteiger partial charge in [-0.05, 0) is 0 Å². The summed E-state index contributed by atoms with van der Waals surface area (Å²) in [6, 6.07) is -0.319. The largest absolute Gasteiger partial charge is 0.304 e. The molecule has 1 saturated heterocycles. The van der Waals surface area contributed by atoms with Crippen LogP contribution in [0.15, 0.2) is 0 Å². The number of thioether (sulfide) groups is 1. The molecule has 0 aromatic rings. The Morgan fingerprint density at radius 3 is 2.88 bits per heavy atom. The predicted molar refractivity (Wildman–Crippen MR) is 32.5 cm³/mol. The van der Waals surface area contributed by atoms with Gasteiger partial charge in [-0.25, -0.2) is 6.57 Å². The quantitative estimate of drug-likeness (QED) is 0.451. The summed E-state index contributed by atoms with van der Waals surface area (Å²) in [7, 11) is 0. The molecule has 0 N–H and O–H groups in total. The van der Waals surface area contributed by atoms with Crippen LogP contribution < -0.4 is 0 Å². The van der Waals surface area contributed by atoms with Crippen molar-refractivity contribution in [3.8, 4) is 0 Å². The van der Waals surface area contributed by atoms with Gasteiger partial charge in [-0.1, -0.05) is 11.8 Å². The lowest BCUT2D eigenvalue weighted by atomic mass is 10.3. The van der Waals surface area contributed by atoms with Crippen LogP contribution in [-0.4, -0.2) is 16.9 Å². The van der Waals surface area contributed by atoms with Gasteiger partial charge in [0.15, 0.2) is 0 Å². The van der Waals surface area contributed by atoms with Gasteiger partial charge in [-0.15, -0.1) is 0 Å². The van der Waals surface area contributed by atoms with Crippen LogP contribution in [0, 0.1) is 6.57 Å². The van der Waals surface area contributed by atoms with E-state index in [4.69, 9.17) is 6.57 Å². The smallest absolute Gasteiger partial charge is 0.291 e. The second-order valence-corrected chi connectivity index (χ2v) is 2.70. The van der Waals surface area contributed by atoms with Gasteiger partial charge in [-0.3, -0.25) is 4.79 Å². The lowest BCUT2D eigenvalue weighted by molar-refractivity contribution is -0.110. The first-order valence-corrected chi connectivity index (χ1v) is 3.36. The van der Waals surface area contributed by atoms with E-state index < -0.39 is 0 Å². The summed E-state index contributed by atoms with van der Waals surface area (Å²) in [6.07, 6.45) is 0.757. The maximum Gasteiger partial charge on any atom is 0.291 e. The van der Waals surface area contributed by atoms with Crippen LogP contribution in [0.5, 0.6) is 0 Å². The normalized spacial score (nSPS) is 27.9. The Bertz CT molecular complexity index is 149. The molecule has 1 atom stereocenters. The molecule has 1 aliphatic heterocycles. The number of rotatable bonds is 0. The van der Waals surface area contributed by atoms with E-state index in [0.717, 1.165) is 12.2 Å². The van der Waals surface area contributed by atoms with Gasteiger partial charge < -0.3 is 4.85 Å². The van der Waals surface area contributed by atoms with E-state index >= 15 is 0 Å². The summed E-state index contributed by atoms with van der Waals surface area (Å²) in [5, 5.41) is 0.0556. The van der Waals surface area contributed by atoms with Crippen LogP contribution in [0.25, 0.3) is 4.85 Å². The Morgan fingerprint density at radius 2 is 2.62 bits per heavy atom. The lowest BCUT2D eigenvalue weighted by Crippen LogP contribution is -2.04. The molecule has 0 radical (unpaired) electrons. The number of carbonyl (C=O) groups excluding carboxylic acids is 1. The topological polar surface area (TPSA) is 21.4 Å². The second-order valence-electron chi connectivity index (χ2n) is 1.60. The molecule has 1 fully saturated rings. The zero-order valence-corrected chi connectivity index (χ0v) is 5.07. The molecule has 2 nitrogen and oxygen atoms in total. The monoisotopic (exact) mass is 127 g/mol. The maximum atomic E-state index is 10.6. The summed E-state index contributed by atoms with van der Waals surface area (Å²) < 4.78 is 0. The van der Waals surface area contributed by atoms with E-state index in [1.54, 1.807) is 0 Å². The van der Waals surface area contributed by atoms with E-state index in [0.29, 0.717) is 0 Å². The number of carbonyl (C=O) groups is 1. The van der Waals surface area contributed by atoms with E-state index in [-0.39, 0.29) is 11.2 Å². The predicted octanol–water partition coefficient (Wildman–Crippen LogP) is 0.938. The van der Waals surface area contributed by atoms with Crippen molar-refractivity contribution in [2.45, 2.75) is 12.5 Å². The van der Waals surface area contributed by atoms with Crippen molar-refractivity contribution in [3.63, 3.8) is 0 Å². The minimum Gasteiger partial charge on any atom is -0.304 e. The molecule has 0 aliphatic carbocycles. The van der Waals surface area contributed by atoms with Crippen molar-refractivity contribution in [2.24, 2.45) is 0 Å². The average molecular weight is 127 g/mol. The van der Waals surface area contributed by atoms with Crippen LogP contribution >= 0.6 is 11.8 Å². The highest BCUT2D eigenvalue weighted by molar-refractivity contribution is 8.14. The van der Waals surface area contributed by atoms with Crippen molar-refractivity contribution in [1.29, 1.82) is 0 Å². The minimum absolute atomic E-state index is 0.0556. The van der Waals surface area contributed by atoms with Gasteiger partial charge in [0.1, 0.15) is 0 Å². The summed E-state index contributed by atoms with van der Waals surface area (Å²) in [4.78, 5) is 13.7. The minimum atomic E-state index is -0.319. The SMILES string of the molecule is [C-]#[N+]C1CCSC1=O. The lowest BCUT2D eigenvalue weighted by Gasteiger charge is -1.83. The van der Waals surface area contributed by atoms with Crippen LogP contribution in [0.1, 0.15) is 6.42 Å². The van der Waals surface area contributed by atoms with E-state index in [2.05, 4.69) is 4.85 Å². The third-order valence-corrected chi connectivity index (χ3v) is 2.06. The van der Waals surface area contributed by atoms with E-state index in [1.807, 2.05) is 0 Å². The Kier molecular flexibility index (Phi) is 1.54. The van der Waals surface area contributed by atoms with Crippen molar-refractivity contribution in [1.82, 2.24) is 0 Å². The highest BCUT2D eigenvalue weighted by Crippen LogP contribution is 2.21. The fraction of sp³-hybridized carbons (Fsp3) is 0.600. The van der Waals surface area contributed by atoms with Gasteiger partial charge in [0.25, 0.3) is 11.2 Å². The Balaban J connectivity index is 2.58. The van der Waals surface area contributed by atoms with Gasteiger partial charge in [0.2, 0.25) is 0 Å². The first-order valence-electron chi connectivity index (χ1n) is 2.38. The maximum absolute atomic E-state index is 10.6. The van der Waals surface area contributed by atoms with Crippen molar-refractivity contribution < 1.29 is 4.79 Å². The highest BCUT2D eigenvalue weighted by atomic mass is 32.2. The van der Waals surface area contributed by atoms with Crippen LogP contribution in [-0.2, 0) is 4.79 Å². The fourth-order valence-corrected chi connectivity index (χ4v) is 1.51. The first-order chi connectivity index (χ1) is 3.84. The highest BCUT2D eigenvalue weighted by Gasteiger charge is 2.29. The van der Waals surface area contributed by atoms with Crippen molar-refractivity contribution >= 4 is 16.9 Å². The number of hydrogen-bond donors (Lipinski definition) is 0. The van der Waals surface area contributed by atoms with Crippen molar-refractivity contribution in [2.75, 3.05) is 5.75 Å². The zero-order chi connectivity index (χ0) is 5.98. The Hall–Kier alpha value is -0.490. The molecule has 8 heavy (non-hydrogen) atoms. The van der Waals surface area contributed by atoms with Crippen LogP contribution in [0.4, 0.5) is 0 Å². The third kappa shape index (κ3) is 0.846. The first kappa shape index (κ1) is 5.64. The fourth-order valence-electron chi connectivity index (χ4n) is 0.602. The van der Waals surface area contributed by atoms with Crippen molar-refractivity contribution in [3.05, 3.63) is 11.4 Å². The standard InChI is InChI=1S/C5H5NOS/c1-6-4-2-3-8-5(4)7/h4H,2-3H2. The Labute approximate surface area is 52.1 Å². The molecule has 0 aromatic heterocycles. The number of nitrogens with zero attached hydrogens (tertiary/aromatic N) is 1. The van der Waals surface area contributed by atoms with Crippen LogP contribution in [0.2, 0.25) is 0 Å². The Morgan fingerprint density at radius 1 is 1.88 bits per heavy atom. The molecular formula is C5H5NOS. The van der Waals surface area contributed by atoms with Gasteiger partial charge in [-0.2, -0.15) is 0 Å². The molecule has 0 saturated carbocycles. The summed E-state index contributed by atoms with van der Waals surface area (Å²) in [6.45, 7) is 6.52. The molecule has 1 unspecified atom stereocenters. The summed E-state index contributed by atoms with van der Waals surface area (Å²) >= 11 is 1.28. The average Bonchev–Trinajstić information content (AvgIpc) is 2.14. The van der Waals surface area contributed by atoms with Crippen LogP contribution in [0.3, 0.4) is 0 Å². The van der Waals surface area contributed by atoms with Gasteiger partial charge >= 0.3 is 0 Å². The number of hydrogen-bond acceptors (Lipinski definition) is 2. The molecule has 1 rings (SSSR count). The molecular weight excluding hydrogens is 122 g/mol. The van der Waals surface area contributed by atoms with E-state index in [1.165, 1.54) is 11.8 Å². The second kappa shape index (κ2) is 2.19. The molecule has 1 aliphatic rings. The summed E-state index contributed by atoms with van der Waals surface area (Å²) in [5.74, 6) is 0.839. The zero-order valence-electron chi connectivity index (χ0n) is 4.26. The molecule has 0 bridgehead atoms. The molecule has 3 heteroatoms. The molecule has 0 amide bonds. The van der Waals surface area contributed by atoms with Gasteiger partial charge in [0.05, 0.1) is 0 Å². The molecule has 0 spiro atoms. The molecule has 1 heterocycles. The molecule has 42 valence electrons. The third-order valence-electron chi connectivity index (χ3n) is 1.06.